The maximum Gasteiger partial charge on any atom is 0.216 e. The summed E-state index contributed by atoms with van der Waals surface area (Å²) in [7, 11) is -3.09. The van der Waals surface area contributed by atoms with E-state index in [1.807, 2.05) is 0 Å². The second-order valence-electron chi connectivity index (χ2n) is 5.23. The lowest BCUT2D eigenvalue weighted by Gasteiger charge is -2.27. The standard InChI is InChI=1S/C11H22N2O2S/c1-9-2-4-10(5-3-9)13-16(14,15)11-6-7-12-8-11/h9-13H,2-8H2,1H3. The Labute approximate surface area is 98.2 Å². The summed E-state index contributed by atoms with van der Waals surface area (Å²) in [5, 5.41) is 2.89. The molecule has 2 N–H and O–H groups in total. The van der Waals surface area contributed by atoms with E-state index >= 15 is 0 Å². The first-order chi connectivity index (χ1) is 7.58. The summed E-state index contributed by atoms with van der Waals surface area (Å²) in [6.07, 6.45) is 5.05. The predicted octanol–water partition coefficient (Wildman–Crippen LogP) is 0.846. The van der Waals surface area contributed by atoms with E-state index in [1.165, 1.54) is 0 Å². The Hall–Kier alpha value is -0.130. The van der Waals surface area contributed by atoms with E-state index < -0.39 is 10.0 Å². The molecule has 16 heavy (non-hydrogen) atoms. The van der Waals surface area contributed by atoms with Crippen molar-refractivity contribution in [3.05, 3.63) is 0 Å². The molecule has 1 unspecified atom stereocenters. The summed E-state index contributed by atoms with van der Waals surface area (Å²) in [4.78, 5) is 0. The number of nitrogens with one attached hydrogen (secondary N) is 2. The molecule has 1 atom stereocenters. The molecule has 0 radical (unpaired) electrons. The zero-order valence-corrected chi connectivity index (χ0v) is 10.7. The normalized spacial score (nSPS) is 36.4. The van der Waals surface area contributed by atoms with Crippen molar-refractivity contribution in [2.24, 2.45) is 5.92 Å². The van der Waals surface area contributed by atoms with Gasteiger partial charge in [0.25, 0.3) is 0 Å². The maximum atomic E-state index is 12.0. The third kappa shape index (κ3) is 2.96. The van der Waals surface area contributed by atoms with Crippen molar-refractivity contribution < 1.29 is 8.42 Å². The number of rotatable bonds is 3. The van der Waals surface area contributed by atoms with E-state index in [-0.39, 0.29) is 11.3 Å². The van der Waals surface area contributed by atoms with Gasteiger partial charge in [-0.15, -0.1) is 0 Å². The van der Waals surface area contributed by atoms with E-state index in [9.17, 15) is 8.42 Å². The van der Waals surface area contributed by atoms with Gasteiger partial charge in [-0.25, -0.2) is 13.1 Å². The Balaban J connectivity index is 1.88. The summed E-state index contributed by atoms with van der Waals surface area (Å²) in [5.74, 6) is 0.758. The van der Waals surface area contributed by atoms with Crippen LogP contribution in [-0.2, 0) is 10.0 Å². The molecule has 0 aromatic carbocycles. The van der Waals surface area contributed by atoms with Gasteiger partial charge >= 0.3 is 0 Å². The Bertz CT molecular complexity index is 315. The minimum absolute atomic E-state index is 0.182. The molecule has 5 heteroatoms. The molecule has 2 fully saturated rings. The number of sulfonamides is 1. The highest BCUT2D eigenvalue weighted by Crippen LogP contribution is 2.24. The van der Waals surface area contributed by atoms with Crippen molar-refractivity contribution in [3.8, 4) is 0 Å². The highest BCUT2D eigenvalue weighted by molar-refractivity contribution is 7.90. The van der Waals surface area contributed by atoms with Gasteiger partial charge in [-0.3, -0.25) is 0 Å². The van der Waals surface area contributed by atoms with E-state index in [2.05, 4.69) is 17.0 Å². The summed E-state index contributed by atoms with van der Waals surface area (Å²) in [6.45, 7) is 3.68. The second-order valence-corrected chi connectivity index (χ2v) is 7.23. The van der Waals surface area contributed by atoms with Gasteiger partial charge < -0.3 is 5.32 Å². The lowest BCUT2D eigenvalue weighted by atomic mass is 9.88. The fourth-order valence-corrected chi connectivity index (χ4v) is 4.26. The van der Waals surface area contributed by atoms with Gasteiger partial charge in [0.05, 0.1) is 5.25 Å². The zero-order chi connectivity index (χ0) is 11.6. The number of hydrogen-bond donors (Lipinski definition) is 2. The third-order valence-electron chi connectivity index (χ3n) is 3.80. The van der Waals surface area contributed by atoms with Crippen molar-refractivity contribution >= 4 is 10.0 Å². The molecule has 4 nitrogen and oxygen atoms in total. The summed E-state index contributed by atoms with van der Waals surface area (Å²) < 4.78 is 27.0. The van der Waals surface area contributed by atoms with Gasteiger partial charge in [-0.05, 0) is 44.6 Å². The van der Waals surface area contributed by atoms with Crippen LogP contribution in [0.2, 0.25) is 0 Å². The topological polar surface area (TPSA) is 58.2 Å². The molecule has 0 aromatic heterocycles. The zero-order valence-electron chi connectivity index (χ0n) is 9.91. The minimum Gasteiger partial charge on any atom is -0.315 e. The molecule has 2 aliphatic rings. The predicted molar refractivity (Wildman–Crippen MR) is 64.8 cm³/mol. The van der Waals surface area contributed by atoms with Crippen LogP contribution in [-0.4, -0.2) is 32.8 Å². The van der Waals surface area contributed by atoms with Gasteiger partial charge in [0, 0.05) is 12.6 Å². The lowest BCUT2D eigenvalue weighted by molar-refractivity contribution is 0.331. The van der Waals surface area contributed by atoms with Crippen molar-refractivity contribution in [2.75, 3.05) is 13.1 Å². The van der Waals surface area contributed by atoms with Crippen molar-refractivity contribution in [3.63, 3.8) is 0 Å². The smallest absolute Gasteiger partial charge is 0.216 e. The summed E-state index contributed by atoms with van der Waals surface area (Å²) in [5.41, 5.74) is 0. The van der Waals surface area contributed by atoms with Crippen LogP contribution in [0.25, 0.3) is 0 Å². The van der Waals surface area contributed by atoms with E-state index in [1.54, 1.807) is 0 Å². The second kappa shape index (κ2) is 5.02. The molecular formula is C11H22N2O2S. The highest BCUT2D eigenvalue weighted by Gasteiger charge is 2.31. The van der Waals surface area contributed by atoms with E-state index in [0.29, 0.717) is 6.54 Å². The Morgan fingerprint density at radius 3 is 2.38 bits per heavy atom. The minimum atomic E-state index is -3.09. The molecular weight excluding hydrogens is 224 g/mol. The van der Waals surface area contributed by atoms with Crippen LogP contribution in [0.5, 0.6) is 0 Å². The van der Waals surface area contributed by atoms with E-state index in [4.69, 9.17) is 0 Å². The van der Waals surface area contributed by atoms with Gasteiger partial charge in [-0.2, -0.15) is 0 Å². The van der Waals surface area contributed by atoms with Gasteiger partial charge in [0.15, 0.2) is 0 Å². The lowest BCUT2D eigenvalue weighted by Crippen LogP contribution is -2.43. The van der Waals surface area contributed by atoms with Gasteiger partial charge in [0.1, 0.15) is 0 Å². The fraction of sp³-hybridized carbons (Fsp3) is 1.00. The van der Waals surface area contributed by atoms with Crippen LogP contribution in [0.3, 0.4) is 0 Å². The van der Waals surface area contributed by atoms with Crippen molar-refractivity contribution in [1.82, 2.24) is 10.0 Å². The monoisotopic (exact) mass is 246 g/mol. The quantitative estimate of drug-likeness (QED) is 0.776. The Morgan fingerprint density at radius 1 is 1.12 bits per heavy atom. The van der Waals surface area contributed by atoms with Gasteiger partial charge in [0.2, 0.25) is 10.0 Å². The Kier molecular flexibility index (Phi) is 3.87. The molecule has 94 valence electrons. The molecule has 0 amide bonds. The molecule has 1 saturated heterocycles. The molecule has 1 heterocycles. The number of hydrogen-bond acceptors (Lipinski definition) is 3. The van der Waals surface area contributed by atoms with Gasteiger partial charge in [-0.1, -0.05) is 6.92 Å². The molecule has 1 aliphatic carbocycles. The summed E-state index contributed by atoms with van der Waals surface area (Å²) >= 11 is 0. The van der Waals surface area contributed by atoms with E-state index in [0.717, 1.165) is 44.6 Å². The maximum absolute atomic E-state index is 12.0. The highest BCUT2D eigenvalue weighted by atomic mass is 32.2. The fourth-order valence-electron chi connectivity index (χ4n) is 2.60. The molecule has 1 aliphatic heterocycles. The van der Waals surface area contributed by atoms with Crippen LogP contribution in [0.15, 0.2) is 0 Å². The van der Waals surface area contributed by atoms with Crippen LogP contribution < -0.4 is 10.0 Å². The van der Waals surface area contributed by atoms with Crippen molar-refractivity contribution in [1.29, 1.82) is 0 Å². The van der Waals surface area contributed by atoms with Crippen molar-refractivity contribution in [2.45, 2.75) is 50.3 Å². The van der Waals surface area contributed by atoms with Crippen LogP contribution in [0, 0.1) is 5.92 Å². The molecule has 0 aromatic rings. The average molecular weight is 246 g/mol. The van der Waals surface area contributed by atoms with Crippen LogP contribution >= 0.6 is 0 Å². The summed E-state index contributed by atoms with van der Waals surface area (Å²) in [6, 6.07) is 0.182. The first-order valence-corrected chi connectivity index (χ1v) is 7.84. The largest absolute Gasteiger partial charge is 0.315 e. The molecule has 0 spiro atoms. The third-order valence-corrected chi connectivity index (χ3v) is 5.74. The SMILES string of the molecule is CC1CCC(NS(=O)(=O)C2CCNC2)CC1. The molecule has 0 bridgehead atoms. The average Bonchev–Trinajstić information content (AvgIpc) is 2.75. The van der Waals surface area contributed by atoms with Crippen LogP contribution in [0.4, 0.5) is 0 Å². The molecule has 2 rings (SSSR count). The molecule has 1 saturated carbocycles. The Morgan fingerprint density at radius 2 is 1.81 bits per heavy atom. The first-order valence-electron chi connectivity index (χ1n) is 6.30. The first kappa shape index (κ1) is 12.3. The van der Waals surface area contributed by atoms with Crippen LogP contribution in [0.1, 0.15) is 39.0 Å².